The van der Waals surface area contributed by atoms with Crippen molar-refractivity contribution in [1.82, 2.24) is 10.2 Å². The van der Waals surface area contributed by atoms with Crippen molar-refractivity contribution in [3.63, 3.8) is 0 Å². The maximum Gasteiger partial charge on any atom is 0.313 e. The van der Waals surface area contributed by atoms with Crippen LogP contribution in [-0.2, 0) is 14.3 Å². The number of rotatable bonds is 6. The molecular weight excluding hydrogens is 416 g/mol. The number of ether oxygens (including phenoxy) is 1. The van der Waals surface area contributed by atoms with E-state index in [0.29, 0.717) is 30.5 Å². The number of benzene rings is 2. The van der Waals surface area contributed by atoms with Crippen LogP contribution in [0.1, 0.15) is 17.2 Å². The molecule has 1 fully saturated rings. The molecule has 0 unspecified atom stereocenters. The summed E-state index contributed by atoms with van der Waals surface area (Å²) in [6.45, 7) is 4.95. The molecule has 2 aromatic rings. The number of hydrogen-bond acceptors (Lipinski definition) is 5. The van der Waals surface area contributed by atoms with E-state index >= 15 is 0 Å². The van der Waals surface area contributed by atoms with Gasteiger partial charge in [-0.1, -0.05) is 29.8 Å². The predicted molar refractivity (Wildman–Crippen MR) is 124 cm³/mol. The normalized spacial score (nSPS) is 15.2. The van der Waals surface area contributed by atoms with Crippen LogP contribution in [0.2, 0.25) is 5.02 Å². The van der Waals surface area contributed by atoms with Gasteiger partial charge in [-0.3, -0.25) is 14.5 Å². The number of nitrogens with one attached hydrogen (secondary N) is 2. The molecule has 1 heterocycles. The van der Waals surface area contributed by atoms with E-state index in [0.717, 1.165) is 29.9 Å². The van der Waals surface area contributed by atoms with Crippen molar-refractivity contribution in [1.29, 1.82) is 0 Å². The van der Waals surface area contributed by atoms with Crippen LogP contribution in [0.15, 0.2) is 42.5 Å². The van der Waals surface area contributed by atoms with Gasteiger partial charge in [-0.25, -0.2) is 0 Å². The lowest BCUT2D eigenvalue weighted by atomic mass is 10.0. The minimum absolute atomic E-state index is 0.0511. The number of morpholine rings is 1. The zero-order valence-electron chi connectivity index (χ0n) is 18.2. The van der Waals surface area contributed by atoms with Crippen LogP contribution in [0.25, 0.3) is 0 Å². The average molecular weight is 445 g/mol. The van der Waals surface area contributed by atoms with Gasteiger partial charge in [0.15, 0.2) is 0 Å². The lowest BCUT2D eigenvalue weighted by Gasteiger charge is -2.35. The zero-order valence-corrected chi connectivity index (χ0v) is 18.9. The van der Waals surface area contributed by atoms with E-state index in [1.165, 1.54) is 0 Å². The van der Waals surface area contributed by atoms with Crippen molar-refractivity contribution in [2.75, 3.05) is 57.2 Å². The molecule has 0 radical (unpaired) electrons. The molecule has 0 saturated carbocycles. The van der Waals surface area contributed by atoms with Gasteiger partial charge in [0.25, 0.3) is 0 Å². The first-order valence-corrected chi connectivity index (χ1v) is 10.7. The SMILES string of the molecule is Cc1c(Cl)cccc1NC(=O)C(=O)NC[C@H](c1ccc(N(C)C)cc1)N1CCOCC1. The molecule has 0 spiro atoms. The van der Waals surface area contributed by atoms with Gasteiger partial charge >= 0.3 is 11.8 Å². The van der Waals surface area contributed by atoms with E-state index in [9.17, 15) is 9.59 Å². The third-order valence-corrected chi connectivity index (χ3v) is 5.87. The molecule has 1 atom stereocenters. The molecule has 2 aromatic carbocycles. The second-order valence-corrected chi connectivity index (χ2v) is 8.13. The van der Waals surface area contributed by atoms with Crippen LogP contribution in [0.4, 0.5) is 11.4 Å². The summed E-state index contributed by atoms with van der Waals surface area (Å²) >= 11 is 6.09. The summed E-state index contributed by atoms with van der Waals surface area (Å²) in [5, 5.41) is 5.97. The zero-order chi connectivity index (χ0) is 22.4. The molecule has 7 nitrogen and oxygen atoms in total. The Morgan fingerprint density at radius 2 is 1.77 bits per heavy atom. The van der Waals surface area contributed by atoms with Crippen LogP contribution in [0.3, 0.4) is 0 Å². The first kappa shape index (κ1) is 23.1. The minimum atomic E-state index is -0.714. The second-order valence-electron chi connectivity index (χ2n) is 7.73. The fourth-order valence-electron chi connectivity index (χ4n) is 3.53. The molecule has 8 heteroatoms. The van der Waals surface area contributed by atoms with E-state index < -0.39 is 11.8 Å². The molecule has 0 bridgehead atoms. The quantitative estimate of drug-likeness (QED) is 0.670. The highest BCUT2D eigenvalue weighted by molar-refractivity contribution is 6.40. The highest BCUT2D eigenvalue weighted by atomic mass is 35.5. The molecule has 31 heavy (non-hydrogen) atoms. The molecule has 3 rings (SSSR count). The number of halogens is 1. The van der Waals surface area contributed by atoms with Crippen molar-refractivity contribution in [3.05, 3.63) is 58.6 Å². The van der Waals surface area contributed by atoms with Crippen molar-refractivity contribution < 1.29 is 14.3 Å². The minimum Gasteiger partial charge on any atom is -0.379 e. The van der Waals surface area contributed by atoms with Crippen LogP contribution >= 0.6 is 11.6 Å². The number of anilines is 2. The molecule has 0 aliphatic carbocycles. The van der Waals surface area contributed by atoms with Gasteiger partial charge in [0.1, 0.15) is 0 Å². The van der Waals surface area contributed by atoms with Gasteiger partial charge in [0.2, 0.25) is 0 Å². The fourth-order valence-corrected chi connectivity index (χ4v) is 3.71. The second kappa shape index (κ2) is 10.6. The van der Waals surface area contributed by atoms with E-state index in [-0.39, 0.29) is 6.04 Å². The van der Waals surface area contributed by atoms with Crippen molar-refractivity contribution in [2.24, 2.45) is 0 Å². The Labute approximate surface area is 188 Å². The Morgan fingerprint density at radius 1 is 1.10 bits per heavy atom. The average Bonchev–Trinajstić information content (AvgIpc) is 2.78. The molecule has 166 valence electrons. The number of hydrogen-bond donors (Lipinski definition) is 2. The van der Waals surface area contributed by atoms with Crippen LogP contribution < -0.4 is 15.5 Å². The van der Waals surface area contributed by atoms with Crippen LogP contribution in [0, 0.1) is 6.92 Å². The first-order valence-electron chi connectivity index (χ1n) is 10.3. The summed E-state index contributed by atoms with van der Waals surface area (Å²) in [7, 11) is 3.99. The fraction of sp³-hybridized carbons (Fsp3) is 0.391. The van der Waals surface area contributed by atoms with E-state index in [1.807, 2.05) is 19.0 Å². The number of carbonyl (C=O) groups excluding carboxylic acids is 2. The van der Waals surface area contributed by atoms with Crippen molar-refractivity contribution in [3.8, 4) is 0 Å². The van der Waals surface area contributed by atoms with Gasteiger partial charge in [-0.2, -0.15) is 0 Å². The summed E-state index contributed by atoms with van der Waals surface area (Å²) in [5.74, 6) is -1.39. The molecule has 1 aliphatic heterocycles. The summed E-state index contributed by atoms with van der Waals surface area (Å²) in [6, 6.07) is 13.4. The Hall–Kier alpha value is -2.61. The van der Waals surface area contributed by atoms with Gasteiger partial charge < -0.3 is 20.3 Å². The molecule has 1 aliphatic rings. The van der Waals surface area contributed by atoms with Gasteiger partial charge in [-0.15, -0.1) is 0 Å². The Kier molecular flexibility index (Phi) is 7.90. The Bertz CT molecular complexity index is 912. The van der Waals surface area contributed by atoms with Crippen LogP contribution in [0.5, 0.6) is 0 Å². The molecule has 2 amide bonds. The van der Waals surface area contributed by atoms with Gasteiger partial charge in [-0.05, 0) is 42.3 Å². The lowest BCUT2D eigenvalue weighted by Crippen LogP contribution is -2.45. The highest BCUT2D eigenvalue weighted by Crippen LogP contribution is 2.24. The highest BCUT2D eigenvalue weighted by Gasteiger charge is 2.25. The van der Waals surface area contributed by atoms with E-state index in [2.05, 4.69) is 39.8 Å². The summed E-state index contributed by atoms with van der Waals surface area (Å²) in [4.78, 5) is 29.2. The molecule has 1 saturated heterocycles. The lowest BCUT2D eigenvalue weighted by molar-refractivity contribution is -0.136. The van der Waals surface area contributed by atoms with Crippen molar-refractivity contribution >= 4 is 34.8 Å². The molecular formula is C23H29ClN4O3. The van der Waals surface area contributed by atoms with Gasteiger partial charge in [0.05, 0.1) is 19.3 Å². The van der Waals surface area contributed by atoms with Crippen LogP contribution in [-0.4, -0.2) is 63.7 Å². The Morgan fingerprint density at radius 3 is 2.42 bits per heavy atom. The largest absolute Gasteiger partial charge is 0.379 e. The number of nitrogens with zero attached hydrogens (tertiary/aromatic N) is 2. The third-order valence-electron chi connectivity index (χ3n) is 5.46. The summed E-state index contributed by atoms with van der Waals surface area (Å²) in [6.07, 6.45) is 0. The maximum atomic E-state index is 12.5. The first-order chi connectivity index (χ1) is 14.9. The van der Waals surface area contributed by atoms with Crippen molar-refractivity contribution in [2.45, 2.75) is 13.0 Å². The van der Waals surface area contributed by atoms with Gasteiger partial charge in [0, 0.05) is 50.1 Å². The maximum absolute atomic E-state index is 12.5. The van der Waals surface area contributed by atoms with E-state index in [1.54, 1.807) is 25.1 Å². The number of carbonyl (C=O) groups is 2. The smallest absolute Gasteiger partial charge is 0.313 e. The predicted octanol–water partition coefficient (Wildman–Crippen LogP) is 2.84. The topological polar surface area (TPSA) is 73.9 Å². The summed E-state index contributed by atoms with van der Waals surface area (Å²) in [5.41, 5.74) is 3.43. The Balaban J connectivity index is 1.68. The monoisotopic (exact) mass is 444 g/mol. The molecule has 0 aromatic heterocycles. The standard InChI is InChI=1S/C23H29ClN4O3/c1-16-19(24)5-4-6-20(16)26-23(30)22(29)25-15-21(28-11-13-31-14-12-28)17-7-9-18(10-8-17)27(2)3/h4-10,21H,11-15H2,1-3H3,(H,25,29)(H,26,30)/t21-/m1/s1. The molecule has 2 N–H and O–H groups in total. The van der Waals surface area contributed by atoms with E-state index in [4.69, 9.17) is 16.3 Å². The number of amides is 2. The summed E-state index contributed by atoms with van der Waals surface area (Å²) < 4.78 is 5.48. The third kappa shape index (κ3) is 5.97.